The second kappa shape index (κ2) is 3.10. The highest BCUT2D eigenvalue weighted by Gasteiger charge is 2.10. The Hall–Kier alpha value is -1.11. The van der Waals surface area contributed by atoms with Gasteiger partial charge in [0.1, 0.15) is 0 Å². The highest BCUT2D eigenvalue weighted by atomic mass is 32.2. The number of hydrogen-bond donors (Lipinski definition) is 1. The van der Waals surface area contributed by atoms with Crippen molar-refractivity contribution >= 4 is 16.0 Å². The van der Waals surface area contributed by atoms with E-state index in [-0.39, 0.29) is 11.7 Å². The molecule has 0 bridgehead atoms. The Labute approximate surface area is 70.0 Å². The van der Waals surface area contributed by atoms with Crippen molar-refractivity contribution in [2.75, 3.05) is 10.5 Å². The Bertz CT molecular complexity index is 356. The van der Waals surface area contributed by atoms with Gasteiger partial charge in [-0.15, -0.1) is 0 Å². The molecular formula is C5H9N3O3S. The van der Waals surface area contributed by atoms with Crippen LogP contribution >= 0.6 is 0 Å². The van der Waals surface area contributed by atoms with Crippen molar-refractivity contribution in [3.05, 3.63) is 5.89 Å². The van der Waals surface area contributed by atoms with Crippen LogP contribution in [0.15, 0.2) is 4.52 Å². The van der Waals surface area contributed by atoms with Crippen LogP contribution in [0.5, 0.6) is 0 Å². The second-order valence-corrected chi connectivity index (χ2v) is 4.15. The van der Waals surface area contributed by atoms with E-state index in [4.69, 9.17) is 0 Å². The molecule has 0 unspecified atom stereocenters. The van der Waals surface area contributed by atoms with Crippen LogP contribution in [-0.4, -0.2) is 24.3 Å². The summed E-state index contributed by atoms with van der Waals surface area (Å²) in [6.07, 6.45) is 0. The maximum Gasteiger partial charge on any atom is 0.277 e. The minimum absolute atomic E-state index is 0.0133. The molecule has 0 spiro atoms. The maximum absolute atomic E-state index is 10.9. The lowest BCUT2D eigenvalue weighted by Crippen LogP contribution is -2.15. The van der Waals surface area contributed by atoms with Crippen LogP contribution < -0.4 is 4.72 Å². The molecule has 1 heterocycles. The van der Waals surface area contributed by atoms with Gasteiger partial charge in [0.25, 0.3) is 5.95 Å². The normalized spacial score (nSPS) is 11.5. The number of rotatable bonds is 3. The van der Waals surface area contributed by atoms with Gasteiger partial charge in [0.05, 0.1) is 5.75 Å². The number of nitrogens with zero attached hydrogens (tertiary/aromatic N) is 2. The zero-order chi connectivity index (χ0) is 9.19. The molecule has 0 aliphatic carbocycles. The van der Waals surface area contributed by atoms with Crippen molar-refractivity contribution in [3.8, 4) is 0 Å². The van der Waals surface area contributed by atoms with E-state index in [1.54, 1.807) is 6.92 Å². The van der Waals surface area contributed by atoms with Crippen molar-refractivity contribution in [1.82, 2.24) is 10.1 Å². The molecule has 12 heavy (non-hydrogen) atoms. The van der Waals surface area contributed by atoms with Crippen molar-refractivity contribution < 1.29 is 12.9 Å². The van der Waals surface area contributed by atoms with Gasteiger partial charge >= 0.3 is 0 Å². The lowest BCUT2D eigenvalue weighted by atomic mass is 10.8. The average molecular weight is 191 g/mol. The number of hydrogen-bond acceptors (Lipinski definition) is 5. The molecule has 68 valence electrons. The molecule has 0 fully saturated rings. The fraction of sp³-hybridized carbons (Fsp3) is 0.600. The first kappa shape index (κ1) is 8.98. The predicted molar refractivity (Wildman–Crippen MR) is 42.1 cm³/mol. The predicted octanol–water partition coefficient (Wildman–Crippen LogP) is 0.140. The van der Waals surface area contributed by atoms with Crippen molar-refractivity contribution in [2.45, 2.75) is 13.8 Å². The van der Waals surface area contributed by atoms with Gasteiger partial charge < -0.3 is 4.52 Å². The van der Waals surface area contributed by atoms with E-state index >= 15 is 0 Å². The maximum atomic E-state index is 10.9. The fourth-order valence-corrected chi connectivity index (χ4v) is 1.06. The van der Waals surface area contributed by atoms with Gasteiger partial charge in [-0.25, -0.2) is 13.1 Å². The number of aryl methyl sites for hydroxylation is 1. The van der Waals surface area contributed by atoms with Gasteiger partial charge in [-0.2, -0.15) is 4.98 Å². The summed E-state index contributed by atoms with van der Waals surface area (Å²) in [7, 11) is -3.29. The van der Waals surface area contributed by atoms with Crippen LogP contribution in [0, 0.1) is 6.92 Å². The lowest BCUT2D eigenvalue weighted by molar-refractivity contribution is 0.395. The molecule has 0 aliphatic heterocycles. The van der Waals surface area contributed by atoms with Crippen LogP contribution in [0.1, 0.15) is 12.8 Å². The van der Waals surface area contributed by atoms with Crippen LogP contribution in [0.2, 0.25) is 0 Å². The number of anilines is 1. The molecule has 1 N–H and O–H groups in total. The monoisotopic (exact) mass is 191 g/mol. The smallest absolute Gasteiger partial charge is 0.277 e. The van der Waals surface area contributed by atoms with Crippen LogP contribution in [0.3, 0.4) is 0 Å². The van der Waals surface area contributed by atoms with E-state index in [9.17, 15) is 8.42 Å². The Balaban J connectivity index is 2.77. The molecular weight excluding hydrogens is 182 g/mol. The Morgan fingerprint density at radius 3 is 2.67 bits per heavy atom. The third kappa shape index (κ3) is 2.19. The first-order valence-corrected chi connectivity index (χ1v) is 4.99. The van der Waals surface area contributed by atoms with E-state index < -0.39 is 10.0 Å². The minimum atomic E-state index is -3.29. The molecule has 6 nitrogen and oxygen atoms in total. The summed E-state index contributed by atoms with van der Waals surface area (Å²) in [5.74, 6) is 0.291. The van der Waals surface area contributed by atoms with Crippen LogP contribution in [-0.2, 0) is 10.0 Å². The lowest BCUT2D eigenvalue weighted by Gasteiger charge is -1.97. The van der Waals surface area contributed by atoms with Crippen LogP contribution in [0.25, 0.3) is 0 Å². The summed E-state index contributed by atoms with van der Waals surface area (Å²) >= 11 is 0. The van der Waals surface area contributed by atoms with E-state index in [1.165, 1.54) is 6.92 Å². The Morgan fingerprint density at radius 1 is 1.58 bits per heavy atom. The first-order chi connectivity index (χ1) is 5.53. The molecule has 1 rings (SSSR count). The van der Waals surface area contributed by atoms with Gasteiger partial charge in [-0.3, -0.25) is 0 Å². The molecule has 0 saturated carbocycles. The highest BCUT2D eigenvalue weighted by Crippen LogP contribution is 2.02. The third-order valence-corrected chi connectivity index (χ3v) is 2.41. The zero-order valence-electron chi connectivity index (χ0n) is 6.73. The zero-order valence-corrected chi connectivity index (χ0v) is 7.55. The van der Waals surface area contributed by atoms with E-state index in [2.05, 4.69) is 19.4 Å². The number of aromatic nitrogens is 2. The third-order valence-electron chi connectivity index (χ3n) is 1.15. The summed E-state index contributed by atoms with van der Waals surface area (Å²) in [5.41, 5.74) is 0. The van der Waals surface area contributed by atoms with Crippen molar-refractivity contribution in [3.63, 3.8) is 0 Å². The summed E-state index contributed by atoms with van der Waals surface area (Å²) in [6.45, 7) is 3.10. The molecule has 1 aromatic heterocycles. The molecule has 0 aromatic carbocycles. The van der Waals surface area contributed by atoms with Gasteiger partial charge in [0, 0.05) is 6.92 Å². The first-order valence-electron chi connectivity index (χ1n) is 3.34. The van der Waals surface area contributed by atoms with Gasteiger partial charge in [0.15, 0.2) is 0 Å². The average Bonchev–Trinajstić information content (AvgIpc) is 2.35. The van der Waals surface area contributed by atoms with E-state index in [1.807, 2.05) is 0 Å². The SMILES string of the molecule is CCS(=O)(=O)Nc1noc(C)n1. The highest BCUT2D eigenvalue weighted by molar-refractivity contribution is 7.92. The largest absolute Gasteiger partial charge is 0.338 e. The van der Waals surface area contributed by atoms with Crippen LogP contribution in [0.4, 0.5) is 5.95 Å². The minimum Gasteiger partial charge on any atom is -0.338 e. The topological polar surface area (TPSA) is 85.1 Å². The molecule has 1 aromatic rings. The molecule has 0 amide bonds. The summed E-state index contributed by atoms with van der Waals surface area (Å²) in [4.78, 5) is 3.68. The van der Waals surface area contributed by atoms with Gasteiger partial charge in [-0.05, 0) is 12.1 Å². The number of nitrogens with one attached hydrogen (secondary N) is 1. The molecule has 0 atom stereocenters. The van der Waals surface area contributed by atoms with E-state index in [0.29, 0.717) is 5.89 Å². The van der Waals surface area contributed by atoms with Crippen molar-refractivity contribution in [1.29, 1.82) is 0 Å². The Morgan fingerprint density at radius 2 is 2.25 bits per heavy atom. The van der Waals surface area contributed by atoms with Gasteiger partial charge in [0.2, 0.25) is 15.9 Å². The quantitative estimate of drug-likeness (QED) is 0.734. The van der Waals surface area contributed by atoms with Crippen molar-refractivity contribution in [2.24, 2.45) is 0 Å². The van der Waals surface area contributed by atoms with E-state index in [0.717, 1.165) is 0 Å². The summed E-state index contributed by atoms with van der Waals surface area (Å²) in [6, 6.07) is 0. The molecule has 7 heteroatoms. The van der Waals surface area contributed by atoms with Gasteiger partial charge in [-0.1, -0.05) is 0 Å². The Kier molecular flexibility index (Phi) is 2.32. The summed E-state index contributed by atoms with van der Waals surface area (Å²) < 4.78 is 28.6. The fourth-order valence-electron chi connectivity index (χ4n) is 0.552. The molecule has 0 radical (unpaired) electrons. The number of sulfonamides is 1. The summed E-state index contributed by atoms with van der Waals surface area (Å²) in [5, 5.41) is 3.37. The second-order valence-electron chi connectivity index (χ2n) is 2.14. The molecule has 0 saturated heterocycles. The standard InChI is InChI=1S/C5H9N3O3S/c1-3-12(9,10)8-5-6-4(2)11-7-5/h3H2,1-2H3,(H,7,8). The molecule has 0 aliphatic rings.